The number of hydrogen-bond donors (Lipinski definition) is 1. The second-order valence-electron chi connectivity index (χ2n) is 6.30. The number of benzene rings is 3. The molecule has 0 bridgehead atoms. The van der Waals surface area contributed by atoms with Crippen molar-refractivity contribution in [2.45, 2.75) is 11.3 Å². The van der Waals surface area contributed by atoms with E-state index >= 15 is 0 Å². The Labute approximate surface area is 177 Å². The van der Waals surface area contributed by atoms with E-state index in [-0.39, 0.29) is 12.5 Å². The Morgan fingerprint density at radius 2 is 1.79 bits per heavy atom. The molecule has 0 aliphatic carbocycles. The van der Waals surface area contributed by atoms with Crippen LogP contribution in [0.4, 0.5) is 5.00 Å². The van der Waals surface area contributed by atoms with Crippen LogP contribution in [0.2, 0.25) is 0 Å². The fourth-order valence-electron chi connectivity index (χ4n) is 2.93. The van der Waals surface area contributed by atoms with Crippen LogP contribution >= 0.6 is 23.1 Å². The van der Waals surface area contributed by atoms with Gasteiger partial charge < -0.3 is 10.1 Å². The van der Waals surface area contributed by atoms with E-state index < -0.39 is 0 Å². The highest BCUT2D eigenvalue weighted by molar-refractivity contribution is 8.01. The third-order valence-electron chi connectivity index (χ3n) is 4.27. The Balaban J connectivity index is 1.47. The van der Waals surface area contributed by atoms with Crippen LogP contribution in [0.15, 0.2) is 77.1 Å². The second kappa shape index (κ2) is 9.11. The van der Waals surface area contributed by atoms with Crippen LogP contribution in [0.5, 0.6) is 5.75 Å². The summed E-state index contributed by atoms with van der Waals surface area (Å²) >= 11 is 3.16. The average Bonchev–Trinajstić information content (AvgIpc) is 3.15. The maximum absolute atomic E-state index is 12.5. The van der Waals surface area contributed by atoms with Crippen molar-refractivity contribution >= 4 is 44.8 Å². The number of fused-ring (bicyclic) bond motifs is 1. The fourth-order valence-corrected chi connectivity index (χ4v) is 4.91. The second-order valence-corrected chi connectivity index (χ2v) is 8.81. The van der Waals surface area contributed by atoms with Crippen molar-refractivity contribution in [2.75, 3.05) is 17.7 Å². The number of carbonyl (C=O) groups is 1. The number of nitrogens with one attached hydrogen (secondary N) is 1. The zero-order valence-corrected chi connectivity index (χ0v) is 17.6. The standard InChI is InChI=1S/C23H20N2O2S2/c1-2-28-23-25-21(17-9-4-3-5-10-17)22(29-23)24-20(26)15-27-19-13-12-16-8-6-7-11-18(16)14-19/h3-14H,2,15H2,1H3,(H,24,26). The lowest BCUT2D eigenvalue weighted by Crippen LogP contribution is -2.19. The summed E-state index contributed by atoms with van der Waals surface area (Å²) in [7, 11) is 0. The van der Waals surface area contributed by atoms with Gasteiger partial charge in [-0.15, -0.1) is 0 Å². The fraction of sp³-hybridized carbons (Fsp3) is 0.130. The van der Waals surface area contributed by atoms with E-state index in [4.69, 9.17) is 9.72 Å². The van der Waals surface area contributed by atoms with Gasteiger partial charge in [0.05, 0.1) is 0 Å². The molecule has 4 rings (SSSR count). The molecule has 6 heteroatoms. The molecule has 0 atom stereocenters. The van der Waals surface area contributed by atoms with E-state index in [2.05, 4.69) is 12.2 Å². The molecule has 1 amide bonds. The van der Waals surface area contributed by atoms with Gasteiger partial charge in [-0.1, -0.05) is 90.7 Å². The predicted octanol–water partition coefficient (Wildman–Crippen LogP) is 6.09. The zero-order chi connectivity index (χ0) is 20.1. The van der Waals surface area contributed by atoms with E-state index in [0.29, 0.717) is 5.75 Å². The molecule has 0 aliphatic heterocycles. The van der Waals surface area contributed by atoms with E-state index in [9.17, 15) is 4.79 Å². The van der Waals surface area contributed by atoms with Crippen molar-refractivity contribution in [2.24, 2.45) is 0 Å². The van der Waals surface area contributed by atoms with Crippen LogP contribution in [0.3, 0.4) is 0 Å². The molecule has 0 unspecified atom stereocenters. The lowest BCUT2D eigenvalue weighted by molar-refractivity contribution is -0.118. The van der Waals surface area contributed by atoms with E-state index in [1.54, 1.807) is 11.8 Å². The van der Waals surface area contributed by atoms with Gasteiger partial charge in [-0.3, -0.25) is 4.79 Å². The summed E-state index contributed by atoms with van der Waals surface area (Å²) in [5, 5.41) is 5.95. The van der Waals surface area contributed by atoms with Gasteiger partial charge in [0.2, 0.25) is 0 Å². The van der Waals surface area contributed by atoms with E-state index in [1.165, 1.54) is 11.3 Å². The van der Waals surface area contributed by atoms with Gasteiger partial charge in [0, 0.05) is 5.56 Å². The lowest BCUT2D eigenvalue weighted by Gasteiger charge is -2.08. The minimum atomic E-state index is -0.202. The molecule has 0 saturated heterocycles. The minimum Gasteiger partial charge on any atom is -0.484 e. The molecule has 4 nitrogen and oxygen atoms in total. The number of ether oxygens (including phenoxy) is 1. The van der Waals surface area contributed by atoms with Crippen molar-refractivity contribution in [3.05, 3.63) is 72.8 Å². The summed E-state index contributed by atoms with van der Waals surface area (Å²) in [5.41, 5.74) is 1.78. The Bertz CT molecular complexity index is 1130. The molecule has 0 saturated carbocycles. The molecule has 4 aromatic rings. The Morgan fingerprint density at radius 1 is 1.03 bits per heavy atom. The van der Waals surface area contributed by atoms with Gasteiger partial charge in [0.15, 0.2) is 10.9 Å². The molecule has 3 aromatic carbocycles. The van der Waals surface area contributed by atoms with Crippen molar-refractivity contribution in [1.29, 1.82) is 0 Å². The van der Waals surface area contributed by atoms with Gasteiger partial charge >= 0.3 is 0 Å². The number of thioether (sulfide) groups is 1. The van der Waals surface area contributed by atoms with Gasteiger partial charge in [0.1, 0.15) is 16.4 Å². The average molecular weight is 421 g/mol. The summed E-state index contributed by atoms with van der Waals surface area (Å²) in [6.45, 7) is 2.03. The van der Waals surface area contributed by atoms with Crippen LogP contribution in [-0.4, -0.2) is 23.3 Å². The summed E-state index contributed by atoms with van der Waals surface area (Å²) in [6.07, 6.45) is 0. The van der Waals surface area contributed by atoms with Crippen molar-refractivity contribution in [1.82, 2.24) is 4.98 Å². The van der Waals surface area contributed by atoms with E-state index in [1.807, 2.05) is 72.8 Å². The molecule has 29 heavy (non-hydrogen) atoms. The third kappa shape index (κ3) is 4.78. The number of rotatable bonds is 7. The first-order chi connectivity index (χ1) is 14.2. The van der Waals surface area contributed by atoms with Crippen LogP contribution in [0.1, 0.15) is 6.92 Å². The molecule has 1 N–H and O–H groups in total. The third-order valence-corrected chi connectivity index (χ3v) is 6.26. The summed E-state index contributed by atoms with van der Waals surface area (Å²) < 4.78 is 6.66. The predicted molar refractivity (Wildman–Crippen MR) is 122 cm³/mol. The quantitative estimate of drug-likeness (QED) is 0.367. The molecular weight excluding hydrogens is 400 g/mol. The molecular formula is C23H20N2O2S2. The molecule has 0 fully saturated rings. The molecule has 1 aromatic heterocycles. The minimum absolute atomic E-state index is 0.0548. The number of hydrogen-bond acceptors (Lipinski definition) is 5. The Morgan fingerprint density at radius 3 is 2.59 bits per heavy atom. The molecule has 0 radical (unpaired) electrons. The van der Waals surface area contributed by atoms with Gasteiger partial charge in [-0.25, -0.2) is 4.98 Å². The van der Waals surface area contributed by atoms with Crippen LogP contribution < -0.4 is 10.1 Å². The molecule has 1 heterocycles. The van der Waals surface area contributed by atoms with Gasteiger partial charge in [-0.05, 0) is 28.7 Å². The molecule has 0 spiro atoms. The van der Waals surface area contributed by atoms with Crippen molar-refractivity contribution < 1.29 is 9.53 Å². The van der Waals surface area contributed by atoms with Crippen LogP contribution in [0, 0.1) is 0 Å². The Hall–Kier alpha value is -2.83. The van der Waals surface area contributed by atoms with Gasteiger partial charge in [0.25, 0.3) is 5.91 Å². The number of nitrogens with zero attached hydrogens (tertiary/aromatic N) is 1. The highest BCUT2D eigenvalue weighted by atomic mass is 32.2. The number of thiazole rings is 1. The zero-order valence-electron chi connectivity index (χ0n) is 15.9. The number of carbonyl (C=O) groups excluding carboxylic acids is 1. The largest absolute Gasteiger partial charge is 0.484 e. The first-order valence-corrected chi connectivity index (χ1v) is 11.1. The summed E-state index contributed by atoms with van der Waals surface area (Å²) in [4.78, 5) is 17.2. The molecule has 146 valence electrons. The normalized spacial score (nSPS) is 10.8. The highest BCUT2D eigenvalue weighted by Crippen LogP contribution is 2.37. The van der Waals surface area contributed by atoms with Crippen LogP contribution in [0.25, 0.3) is 22.0 Å². The lowest BCUT2D eigenvalue weighted by atomic mass is 10.1. The first kappa shape index (κ1) is 19.5. The number of anilines is 1. The summed E-state index contributed by atoms with van der Waals surface area (Å²) in [6, 6.07) is 23.8. The number of aromatic nitrogens is 1. The van der Waals surface area contributed by atoms with Crippen LogP contribution in [-0.2, 0) is 4.79 Å². The molecule has 0 aliphatic rings. The Kier molecular flexibility index (Phi) is 6.12. The maximum atomic E-state index is 12.5. The van der Waals surface area contributed by atoms with Gasteiger partial charge in [-0.2, -0.15) is 0 Å². The topological polar surface area (TPSA) is 51.2 Å². The maximum Gasteiger partial charge on any atom is 0.262 e. The van der Waals surface area contributed by atoms with Crippen molar-refractivity contribution in [3.63, 3.8) is 0 Å². The number of amides is 1. The smallest absolute Gasteiger partial charge is 0.262 e. The summed E-state index contributed by atoms with van der Waals surface area (Å²) in [5.74, 6) is 1.40. The SMILES string of the molecule is CCSc1nc(-c2ccccc2)c(NC(=O)COc2ccc3ccccc3c2)s1. The van der Waals surface area contributed by atoms with Crippen molar-refractivity contribution in [3.8, 4) is 17.0 Å². The highest BCUT2D eigenvalue weighted by Gasteiger charge is 2.16. The van der Waals surface area contributed by atoms with E-state index in [0.717, 1.165) is 37.1 Å². The monoisotopic (exact) mass is 420 g/mol. The first-order valence-electron chi connectivity index (χ1n) is 9.33.